The van der Waals surface area contributed by atoms with Crippen LogP contribution in [0.5, 0.6) is 5.75 Å². The second kappa shape index (κ2) is 8.97. The van der Waals surface area contributed by atoms with Crippen LogP contribution in [0.15, 0.2) is 52.3 Å². The summed E-state index contributed by atoms with van der Waals surface area (Å²) in [6.07, 6.45) is 0.807. The van der Waals surface area contributed by atoms with Gasteiger partial charge in [-0.3, -0.25) is 4.79 Å². The van der Waals surface area contributed by atoms with E-state index < -0.39 is 10.0 Å². The minimum atomic E-state index is -3.71. The highest BCUT2D eigenvalue weighted by atomic mass is 32.2. The third kappa shape index (κ3) is 4.20. The zero-order valence-corrected chi connectivity index (χ0v) is 18.3. The summed E-state index contributed by atoms with van der Waals surface area (Å²) in [5.74, 6) is 0.898. The highest BCUT2D eigenvalue weighted by Crippen LogP contribution is 2.36. The molecule has 0 radical (unpaired) electrons. The number of sulfonamides is 1. The molecule has 4 rings (SSSR count). The predicted molar refractivity (Wildman–Crippen MR) is 115 cm³/mol. The van der Waals surface area contributed by atoms with E-state index in [0.717, 1.165) is 22.6 Å². The average Bonchev–Trinajstić information content (AvgIpc) is 2.79. The average molecular weight is 449 g/mol. The Bertz CT molecular complexity index is 1040. The Morgan fingerprint density at radius 2 is 1.97 bits per heavy atom. The predicted octanol–water partition coefficient (Wildman–Crippen LogP) is 2.68. The van der Waals surface area contributed by atoms with E-state index in [4.69, 9.17) is 9.47 Å². The number of benzene rings is 2. The Hall–Kier alpha value is -2.07. The van der Waals surface area contributed by atoms with Gasteiger partial charge in [0.15, 0.2) is 0 Å². The van der Waals surface area contributed by atoms with Crippen LogP contribution in [0.4, 0.5) is 0 Å². The first kappa shape index (κ1) is 21.2. The molecule has 1 amide bonds. The van der Waals surface area contributed by atoms with Crippen LogP contribution in [0.2, 0.25) is 0 Å². The fourth-order valence-corrected chi connectivity index (χ4v) is 6.25. The van der Waals surface area contributed by atoms with Crippen molar-refractivity contribution in [3.63, 3.8) is 0 Å². The van der Waals surface area contributed by atoms with Crippen molar-refractivity contribution in [2.24, 2.45) is 0 Å². The lowest BCUT2D eigenvalue weighted by Crippen LogP contribution is -2.40. The standard InChI is InChI=1S/C21H24N2O5S2/c1-27-19-7-6-15(30(25,26)23-9-11-28-12-10-23)14-17(19)21(24)22-18-8-13-29-20-5-3-2-4-16(18)20/h2-7,14,18H,8-13H2,1H3,(H,22,24)/t18-/m1/s1. The molecular weight excluding hydrogens is 424 g/mol. The molecule has 7 nitrogen and oxygen atoms in total. The molecule has 2 heterocycles. The number of amides is 1. The minimum Gasteiger partial charge on any atom is -0.496 e. The molecule has 9 heteroatoms. The highest BCUT2D eigenvalue weighted by molar-refractivity contribution is 7.99. The number of nitrogens with one attached hydrogen (secondary N) is 1. The summed E-state index contributed by atoms with van der Waals surface area (Å²) in [5.41, 5.74) is 1.29. The van der Waals surface area contributed by atoms with Crippen molar-refractivity contribution in [1.29, 1.82) is 0 Å². The molecule has 0 spiro atoms. The molecule has 1 fully saturated rings. The summed E-state index contributed by atoms with van der Waals surface area (Å²) in [4.78, 5) is 14.4. The van der Waals surface area contributed by atoms with Gasteiger partial charge in [0.05, 0.1) is 36.8 Å². The summed E-state index contributed by atoms with van der Waals surface area (Å²) in [6.45, 7) is 1.32. The molecule has 30 heavy (non-hydrogen) atoms. The normalized spacial score (nSPS) is 19.7. The maximum Gasteiger partial charge on any atom is 0.255 e. The maximum atomic E-state index is 13.1. The van der Waals surface area contributed by atoms with E-state index in [1.807, 2.05) is 18.2 Å². The summed E-state index contributed by atoms with van der Waals surface area (Å²) in [6, 6.07) is 12.3. The SMILES string of the molecule is COc1ccc(S(=O)(=O)N2CCOCC2)cc1C(=O)N[C@@H]1CCSc2ccccc21. The number of ether oxygens (including phenoxy) is 2. The highest BCUT2D eigenvalue weighted by Gasteiger charge is 2.29. The number of rotatable bonds is 5. The molecular formula is C21H24N2O5S2. The monoisotopic (exact) mass is 448 g/mol. The van der Waals surface area contributed by atoms with Crippen LogP contribution in [0, 0.1) is 0 Å². The lowest BCUT2D eigenvalue weighted by atomic mass is 10.0. The number of carbonyl (C=O) groups excluding carboxylic acids is 1. The van der Waals surface area contributed by atoms with Crippen LogP contribution in [-0.2, 0) is 14.8 Å². The summed E-state index contributed by atoms with van der Waals surface area (Å²) < 4.78 is 38.0. The van der Waals surface area contributed by atoms with Crippen molar-refractivity contribution in [3.05, 3.63) is 53.6 Å². The van der Waals surface area contributed by atoms with E-state index in [1.54, 1.807) is 11.8 Å². The second-order valence-electron chi connectivity index (χ2n) is 7.08. The lowest BCUT2D eigenvalue weighted by molar-refractivity contribution is 0.0730. The van der Waals surface area contributed by atoms with E-state index in [-0.39, 0.29) is 22.4 Å². The van der Waals surface area contributed by atoms with Crippen LogP contribution in [0.3, 0.4) is 0 Å². The smallest absolute Gasteiger partial charge is 0.255 e. The summed E-state index contributed by atoms with van der Waals surface area (Å²) in [7, 11) is -2.24. The van der Waals surface area contributed by atoms with Gasteiger partial charge in [0.25, 0.3) is 5.91 Å². The summed E-state index contributed by atoms with van der Waals surface area (Å²) in [5, 5.41) is 3.06. The van der Waals surface area contributed by atoms with E-state index in [9.17, 15) is 13.2 Å². The van der Waals surface area contributed by atoms with Crippen molar-refractivity contribution < 1.29 is 22.7 Å². The number of morpholine rings is 1. The minimum absolute atomic E-state index is 0.0787. The Morgan fingerprint density at radius 3 is 2.73 bits per heavy atom. The molecule has 2 aromatic rings. The van der Waals surface area contributed by atoms with Gasteiger partial charge in [0.2, 0.25) is 10.0 Å². The Labute approximate surface area is 180 Å². The first-order chi connectivity index (χ1) is 14.5. The van der Waals surface area contributed by atoms with Gasteiger partial charge in [-0.05, 0) is 36.2 Å². The Balaban J connectivity index is 1.62. The van der Waals surface area contributed by atoms with Crippen LogP contribution in [-0.4, -0.2) is 57.8 Å². The van der Waals surface area contributed by atoms with Crippen molar-refractivity contribution in [2.75, 3.05) is 39.2 Å². The number of carbonyl (C=O) groups is 1. The van der Waals surface area contributed by atoms with Crippen molar-refractivity contribution in [1.82, 2.24) is 9.62 Å². The third-order valence-electron chi connectivity index (χ3n) is 5.29. The topological polar surface area (TPSA) is 84.9 Å². The van der Waals surface area contributed by atoms with Crippen LogP contribution in [0.1, 0.15) is 28.4 Å². The Morgan fingerprint density at radius 1 is 1.20 bits per heavy atom. The van der Waals surface area contributed by atoms with E-state index in [2.05, 4.69) is 11.4 Å². The second-order valence-corrected chi connectivity index (χ2v) is 10.2. The molecule has 0 saturated carbocycles. The number of hydrogen-bond donors (Lipinski definition) is 1. The first-order valence-electron chi connectivity index (χ1n) is 9.79. The number of nitrogens with zero attached hydrogens (tertiary/aromatic N) is 1. The number of thioether (sulfide) groups is 1. The van der Waals surface area contributed by atoms with Gasteiger partial charge < -0.3 is 14.8 Å². The number of methoxy groups -OCH3 is 1. The van der Waals surface area contributed by atoms with Crippen LogP contribution in [0.25, 0.3) is 0 Å². The largest absolute Gasteiger partial charge is 0.496 e. The van der Waals surface area contributed by atoms with Gasteiger partial charge in [-0.15, -0.1) is 11.8 Å². The van der Waals surface area contributed by atoms with Gasteiger partial charge in [-0.2, -0.15) is 4.31 Å². The zero-order valence-electron chi connectivity index (χ0n) is 16.7. The first-order valence-corrected chi connectivity index (χ1v) is 12.2. The van der Waals surface area contributed by atoms with Gasteiger partial charge >= 0.3 is 0 Å². The molecule has 2 aliphatic heterocycles. The maximum absolute atomic E-state index is 13.1. The van der Waals surface area contributed by atoms with Gasteiger partial charge in [-0.25, -0.2) is 8.42 Å². The van der Waals surface area contributed by atoms with Crippen molar-refractivity contribution in [2.45, 2.75) is 22.3 Å². The zero-order chi connectivity index (χ0) is 21.1. The molecule has 0 aliphatic carbocycles. The van der Waals surface area contributed by atoms with Gasteiger partial charge in [-0.1, -0.05) is 18.2 Å². The summed E-state index contributed by atoms with van der Waals surface area (Å²) >= 11 is 1.77. The quantitative estimate of drug-likeness (QED) is 0.757. The molecule has 2 aliphatic rings. The fourth-order valence-electron chi connectivity index (χ4n) is 3.69. The molecule has 0 unspecified atom stereocenters. The number of hydrogen-bond acceptors (Lipinski definition) is 6. The van der Waals surface area contributed by atoms with E-state index >= 15 is 0 Å². The third-order valence-corrected chi connectivity index (χ3v) is 8.30. The van der Waals surface area contributed by atoms with Crippen LogP contribution < -0.4 is 10.1 Å². The van der Waals surface area contributed by atoms with Crippen molar-refractivity contribution in [3.8, 4) is 5.75 Å². The molecule has 1 saturated heterocycles. The molecule has 1 N–H and O–H groups in total. The van der Waals surface area contributed by atoms with E-state index in [0.29, 0.717) is 32.1 Å². The molecule has 0 bridgehead atoms. The number of fused-ring (bicyclic) bond motifs is 1. The lowest BCUT2D eigenvalue weighted by Gasteiger charge is -2.27. The molecule has 2 aromatic carbocycles. The molecule has 0 aromatic heterocycles. The van der Waals surface area contributed by atoms with Crippen molar-refractivity contribution >= 4 is 27.7 Å². The fraction of sp³-hybridized carbons (Fsp3) is 0.381. The molecule has 160 valence electrons. The van der Waals surface area contributed by atoms with Gasteiger partial charge in [0.1, 0.15) is 5.75 Å². The van der Waals surface area contributed by atoms with E-state index in [1.165, 1.54) is 29.6 Å². The Kier molecular flexibility index (Phi) is 6.33. The van der Waals surface area contributed by atoms with Gasteiger partial charge in [0, 0.05) is 23.7 Å². The van der Waals surface area contributed by atoms with Crippen LogP contribution >= 0.6 is 11.8 Å². The molecule has 1 atom stereocenters.